The van der Waals surface area contributed by atoms with Crippen molar-refractivity contribution in [3.05, 3.63) is 28.6 Å². The van der Waals surface area contributed by atoms with E-state index in [1.165, 1.54) is 30.2 Å². The number of thioether (sulfide) groups is 1. The minimum Gasteiger partial charge on any atom is -0.465 e. The highest BCUT2D eigenvalue weighted by atomic mass is 32.2. The molecule has 11 heteroatoms. The number of fused-ring (bicyclic) bond motifs is 1. The van der Waals surface area contributed by atoms with Crippen LogP contribution in [0.15, 0.2) is 23.2 Å². The summed E-state index contributed by atoms with van der Waals surface area (Å²) in [7, 11) is 1.34. The summed E-state index contributed by atoms with van der Waals surface area (Å²) in [6.45, 7) is 5.80. The number of amides is 2. The molecule has 0 aliphatic carbocycles. The Kier molecular flexibility index (Phi) is 9.27. The SMILES string of the molecule is CCOCCn1c(=NC(=O)CSCC(=O)N2CCOCC2)sc2cc(C(=O)OC)ccc21. The molecule has 3 rings (SSSR count). The van der Waals surface area contributed by atoms with E-state index in [2.05, 4.69) is 4.99 Å². The summed E-state index contributed by atoms with van der Waals surface area (Å²) < 4.78 is 18.3. The molecule has 1 fully saturated rings. The van der Waals surface area contributed by atoms with Crippen molar-refractivity contribution in [1.29, 1.82) is 0 Å². The highest BCUT2D eigenvalue weighted by molar-refractivity contribution is 8.00. The van der Waals surface area contributed by atoms with Gasteiger partial charge in [0.15, 0.2) is 4.80 Å². The Morgan fingerprint density at radius 3 is 2.72 bits per heavy atom. The molecule has 0 radical (unpaired) electrons. The molecular formula is C21H27N3O6S2. The van der Waals surface area contributed by atoms with E-state index in [1.807, 2.05) is 17.6 Å². The van der Waals surface area contributed by atoms with Crippen LogP contribution in [0, 0.1) is 0 Å². The van der Waals surface area contributed by atoms with Crippen LogP contribution >= 0.6 is 23.1 Å². The maximum Gasteiger partial charge on any atom is 0.337 e. The highest BCUT2D eigenvalue weighted by Crippen LogP contribution is 2.20. The lowest BCUT2D eigenvalue weighted by Gasteiger charge is -2.26. The van der Waals surface area contributed by atoms with Crippen LogP contribution < -0.4 is 4.80 Å². The Bertz CT molecular complexity index is 1030. The number of nitrogens with zero attached hydrogens (tertiary/aromatic N) is 3. The Labute approximate surface area is 194 Å². The summed E-state index contributed by atoms with van der Waals surface area (Å²) in [5.74, 6) is -0.370. The summed E-state index contributed by atoms with van der Waals surface area (Å²) in [4.78, 5) is 43.2. The number of benzene rings is 1. The maximum absolute atomic E-state index is 12.5. The van der Waals surface area contributed by atoms with Crippen molar-refractivity contribution < 1.29 is 28.6 Å². The number of carbonyl (C=O) groups excluding carboxylic acids is 3. The number of methoxy groups -OCH3 is 1. The molecule has 2 amide bonds. The first-order valence-electron chi connectivity index (χ1n) is 10.3. The largest absolute Gasteiger partial charge is 0.465 e. The average Bonchev–Trinajstić information content (AvgIpc) is 3.15. The molecular weight excluding hydrogens is 454 g/mol. The zero-order valence-electron chi connectivity index (χ0n) is 18.2. The van der Waals surface area contributed by atoms with E-state index < -0.39 is 5.97 Å². The number of esters is 1. The third kappa shape index (κ3) is 6.41. The predicted molar refractivity (Wildman–Crippen MR) is 123 cm³/mol. The molecule has 1 aromatic carbocycles. The smallest absolute Gasteiger partial charge is 0.337 e. The fraction of sp³-hybridized carbons (Fsp3) is 0.524. The van der Waals surface area contributed by atoms with Gasteiger partial charge in [-0.05, 0) is 25.1 Å². The van der Waals surface area contributed by atoms with E-state index in [4.69, 9.17) is 14.2 Å². The number of hydrogen-bond donors (Lipinski definition) is 0. The highest BCUT2D eigenvalue weighted by Gasteiger charge is 2.17. The lowest BCUT2D eigenvalue weighted by molar-refractivity contribution is -0.132. The van der Waals surface area contributed by atoms with Crippen LogP contribution in [0.1, 0.15) is 17.3 Å². The summed E-state index contributed by atoms with van der Waals surface area (Å²) >= 11 is 2.59. The standard InChI is InChI=1S/C21H27N3O6S2/c1-3-29-11-8-24-16-5-4-15(20(27)28-2)12-17(16)32-21(24)22-18(25)13-31-14-19(26)23-6-9-30-10-7-23/h4-5,12H,3,6-11,13-14H2,1-2H3. The van der Waals surface area contributed by atoms with E-state index in [0.717, 1.165) is 10.2 Å². The lowest BCUT2D eigenvalue weighted by atomic mass is 10.2. The number of carbonyl (C=O) groups is 3. The number of ether oxygens (including phenoxy) is 3. The van der Waals surface area contributed by atoms with Gasteiger partial charge in [-0.15, -0.1) is 11.8 Å². The Morgan fingerprint density at radius 1 is 1.22 bits per heavy atom. The molecule has 0 saturated carbocycles. The zero-order valence-corrected chi connectivity index (χ0v) is 19.8. The molecule has 32 heavy (non-hydrogen) atoms. The fourth-order valence-electron chi connectivity index (χ4n) is 3.19. The van der Waals surface area contributed by atoms with Crippen molar-refractivity contribution in [3.8, 4) is 0 Å². The molecule has 0 bridgehead atoms. The molecule has 0 atom stereocenters. The number of hydrogen-bond acceptors (Lipinski definition) is 8. The first-order valence-corrected chi connectivity index (χ1v) is 12.3. The summed E-state index contributed by atoms with van der Waals surface area (Å²) in [6.07, 6.45) is 0. The monoisotopic (exact) mass is 481 g/mol. The van der Waals surface area contributed by atoms with Gasteiger partial charge in [0, 0.05) is 26.2 Å². The van der Waals surface area contributed by atoms with E-state index in [0.29, 0.717) is 56.4 Å². The van der Waals surface area contributed by atoms with Gasteiger partial charge in [0.1, 0.15) is 0 Å². The molecule has 1 saturated heterocycles. The van der Waals surface area contributed by atoms with Gasteiger partial charge in [-0.3, -0.25) is 9.59 Å². The molecule has 0 spiro atoms. The van der Waals surface area contributed by atoms with Crippen LogP contribution in [0.2, 0.25) is 0 Å². The molecule has 1 aliphatic heterocycles. The van der Waals surface area contributed by atoms with Crippen molar-refractivity contribution >= 4 is 51.1 Å². The fourth-order valence-corrected chi connectivity index (χ4v) is 5.00. The summed E-state index contributed by atoms with van der Waals surface area (Å²) in [6, 6.07) is 5.25. The van der Waals surface area contributed by atoms with Gasteiger partial charge >= 0.3 is 5.97 Å². The normalized spacial score (nSPS) is 14.7. The number of thiazole rings is 1. The van der Waals surface area contributed by atoms with Crippen molar-refractivity contribution in [2.45, 2.75) is 13.5 Å². The maximum atomic E-state index is 12.5. The predicted octanol–water partition coefficient (Wildman–Crippen LogP) is 1.55. The second kappa shape index (κ2) is 12.1. The quantitative estimate of drug-likeness (QED) is 0.396. The summed E-state index contributed by atoms with van der Waals surface area (Å²) in [5.41, 5.74) is 1.30. The van der Waals surface area contributed by atoms with Crippen molar-refractivity contribution in [2.24, 2.45) is 4.99 Å². The molecule has 1 aromatic heterocycles. The average molecular weight is 482 g/mol. The number of rotatable bonds is 9. The van der Waals surface area contributed by atoms with Crippen molar-refractivity contribution in [3.63, 3.8) is 0 Å². The summed E-state index contributed by atoms with van der Waals surface area (Å²) in [5, 5.41) is 0. The zero-order chi connectivity index (χ0) is 22.9. The molecule has 2 aromatic rings. The first kappa shape index (κ1) is 24.4. The van der Waals surface area contributed by atoms with E-state index in [9.17, 15) is 14.4 Å². The molecule has 9 nitrogen and oxygen atoms in total. The van der Waals surface area contributed by atoms with Gasteiger partial charge in [-0.25, -0.2) is 4.79 Å². The van der Waals surface area contributed by atoms with E-state index in [-0.39, 0.29) is 23.3 Å². The molecule has 1 aliphatic rings. The van der Waals surface area contributed by atoms with Crippen molar-refractivity contribution in [1.82, 2.24) is 9.47 Å². The third-order valence-corrected chi connectivity index (χ3v) is 6.75. The number of morpholine rings is 1. The minimum atomic E-state index is -0.419. The van der Waals surface area contributed by atoms with Crippen molar-refractivity contribution in [2.75, 3.05) is 58.1 Å². The molecule has 0 N–H and O–H groups in total. The van der Waals surface area contributed by atoms with E-state index in [1.54, 1.807) is 17.0 Å². The van der Waals surface area contributed by atoms with Gasteiger partial charge in [0.2, 0.25) is 5.91 Å². The Morgan fingerprint density at radius 2 is 2.00 bits per heavy atom. The Balaban J connectivity index is 1.73. The third-order valence-electron chi connectivity index (χ3n) is 4.80. The lowest BCUT2D eigenvalue weighted by Crippen LogP contribution is -2.41. The molecule has 2 heterocycles. The van der Waals surface area contributed by atoms with Crippen LogP contribution in [-0.4, -0.2) is 85.4 Å². The number of aromatic nitrogens is 1. The van der Waals surface area contributed by atoms with Gasteiger partial charge < -0.3 is 23.7 Å². The van der Waals surface area contributed by atoms with Crippen LogP contribution in [-0.2, 0) is 30.3 Å². The Hall–Kier alpha value is -2.21. The first-order chi connectivity index (χ1) is 15.5. The van der Waals surface area contributed by atoms with Crippen LogP contribution in [0.25, 0.3) is 10.2 Å². The molecule has 0 unspecified atom stereocenters. The molecule has 174 valence electrons. The van der Waals surface area contributed by atoms with Crippen LogP contribution in [0.4, 0.5) is 0 Å². The van der Waals surface area contributed by atoms with Gasteiger partial charge in [0.25, 0.3) is 5.91 Å². The van der Waals surface area contributed by atoms with Gasteiger partial charge in [-0.2, -0.15) is 4.99 Å². The minimum absolute atomic E-state index is 0.00933. The second-order valence-corrected chi connectivity index (χ2v) is 8.89. The van der Waals surface area contributed by atoms with Crippen LogP contribution in [0.3, 0.4) is 0 Å². The second-order valence-electron chi connectivity index (χ2n) is 6.90. The topological polar surface area (TPSA) is 99.4 Å². The van der Waals surface area contributed by atoms with E-state index >= 15 is 0 Å². The van der Waals surface area contributed by atoms with Crippen LogP contribution in [0.5, 0.6) is 0 Å². The van der Waals surface area contributed by atoms with Gasteiger partial charge in [0.05, 0.1) is 54.2 Å². The van der Waals surface area contributed by atoms with Gasteiger partial charge in [-0.1, -0.05) is 11.3 Å².